The van der Waals surface area contributed by atoms with Gasteiger partial charge in [-0.3, -0.25) is 0 Å². The second kappa shape index (κ2) is 3.89. The molecule has 120 valence electrons. The molecule has 0 aliphatic heterocycles. The van der Waals surface area contributed by atoms with Crippen LogP contribution in [-0.2, 0) is 4.74 Å². The lowest BCUT2D eigenvalue weighted by Gasteiger charge is -2.52. The average molecular weight is 326 g/mol. The molecule has 0 unspecified atom stereocenters. The van der Waals surface area contributed by atoms with E-state index in [1.54, 1.807) is 0 Å². The van der Waals surface area contributed by atoms with Gasteiger partial charge in [-0.05, 0) is 0 Å². The minimum Gasteiger partial charge on any atom is -0.381 e. The quantitative estimate of drug-likeness (QED) is 0.706. The van der Waals surface area contributed by atoms with E-state index in [2.05, 4.69) is 4.74 Å². The van der Waals surface area contributed by atoms with E-state index in [1.807, 2.05) is 0 Å². The Morgan fingerprint density at radius 3 is 1.05 bits per heavy atom. The van der Waals surface area contributed by atoms with E-state index in [0.717, 1.165) is 0 Å². The Bertz CT molecular complexity index is 371. The summed E-state index contributed by atoms with van der Waals surface area (Å²) in [6.45, 7) is -2.64. The SMILES string of the molecule is COCC1(F)C(F)(F)C(F)(F)C(F)(F)C(F)(F)C1(F)F. The molecular weight excluding hydrogens is 321 g/mol. The minimum absolute atomic E-state index is 0.260. The predicted molar refractivity (Wildman–Crippen MR) is 40.5 cm³/mol. The van der Waals surface area contributed by atoms with Crippen molar-refractivity contribution in [1.82, 2.24) is 0 Å². The van der Waals surface area contributed by atoms with E-state index in [4.69, 9.17) is 0 Å². The van der Waals surface area contributed by atoms with Crippen LogP contribution in [0.25, 0.3) is 0 Å². The minimum atomic E-state index is -7.17. The fourth-order valence-electron chi connectivity index (χ4n) is 1.67. The molecule has 0 atom stereocenters. The molecule has 0 amide bonds. The molecule has 0 spiro atoms. The van der Waals surface area contributed by atoms with Crippen LogP contribution in [0.4, 0.5) is 48.3 Å². The maximum atomic E-state index is 13.5. The molecule has 1 aliphatic carbocycles. The zero-order valence-corrected chi connectivity index (χ0v) is 9.27. The Morgan fingerprint density at radius 2 is 0.800 bits per heavy atom. The van der Waals surface area contributed by atoms with Crippen LogP contribution in [-0.4, -0.2) is 49.0 Å². The molecule has 0 heterocycles. The third-order valence-corrected chi connectivity index (χ3v) is 2.92. The van der Waals surface area contributed by atoms with Gasteiger partial charge in [0.25, 0.3) is 5.67 Å². The normalized spacial score (nSPS) is 31.8. The van der Waals surface area contributed by atoms with E-state index in [0.29, 0.717) is 0 Å². The Balaban J connectivity index is 3.73. The van der Waals surface area contributed by atoms with E-state index in [-0.39, 0.29) is 7.11 Å². The van der Waals surface area contributed by atoms with Crippen molar-refractivity contribution in [3.05, 3.63) is 0 Å². The summed E-state index contributed by atoms with van der Waals surface area (Å²) in [5.74, 6) is -34.9. The lowest BCUT2D eigenvalue weighted by molar-refractivity contribution is -0.487. The summed E-state index contributed by atoms with van der Waals surface area (Å²) in [6.07, 6.45) is 0. The van der Waals surface area contributed by atoms with Crippen LogP contribution in [0.1, 0.15) is 0 Å². The van der Waals surface area contributed by atoms with Crippen LogP contribution < -0.4 is 0 Å². The monoisotopic (exact) mass is 326 g/mol. The summed E-state index contributed by atoms with van der Waals surface area (Å²) in [4.78, 5) is 0. The molecule has 20 heavy (non-hydrogen) atoms. The van der Waals surface area contributed by atoms with Gasteiger partial charge in [0, 0.05) is 7.11 Å². The van der Waals surface area contributed by atoms with Gasteiger partial charge in [-0.1, -0.05) is 0 Å². The highest BCUT2D eigenvalue weighted by Gasteiger charge is 3.01. The van der Waals surface area contributed by atoms with Crippen LogP contribution >= 0.6 is 0 Å². The van der Waals surface area contributed by atoms with Crippen LogP contribution in [0.5, 0.6) is 0 Å². The maximum absolute atomic E-state index is 13.5. The largest absolute Gasteiger partial charge is 0.384 e. The Hall–Kier alpha value is -0.810. The first-order valence-corrected chi connectivity index (χ1v) is 4.63. The molecule has 0 aromatic carbocycles. The summed E-state index contributed by atoms with van der Waals surface area (Å²) in [5, 5.41) is 0. The Morgan fingerprint density at radius 1 is 0.550 bits per heavy atom. The number of hydrogen-bond acceptors (Lipinski definition) is 1. The highest BCUT2D eigenvalue weighted by Crippen LogP contribution is 2.69. The molecule has 1 aliphatic rings. The van der Waals surface area contributed by atoms with Gasteiger partial charge in [-0.25, -0.2) is 4.39 Å². The number of ether oxygens (including phenoxy) is 1. The molecule has 0 bridgehead atoms. The van der Waals surface area contributed by atoms with E-state index in [9.17, 15) is 48.3 Å². The second-order valence-electron chi connectivity index (χ2n) is 4.11. The summed E-state index contributed by atoms with van der Waals surface area (Å²) in [7, 11) is 0.260. The highest BCUT2D eigenvalue weighted by molar-refractivity contribution is 5.26. The van der Waals surface area contributed by atoms with Crippen molar-refractivity contribution in [3.8, 4) is 0 Å². The van der Waals surface area contributed by atoms with Crippen LogP contribution in [0, 0.1) is 0 Å². The number of rotatable bonds is 2. The zero-order chi connectivity index (χ0) is 16.4. The summed E-state index contributed by atoms with van der Waals surface area (Å²) < 4.78 is 146. The van der Waals surface area contributed by atoms with Gasteiger partial charge < -0.3 is 4.74 Å². The van der Waals surface area contributed by atoms with Crippen molar-refractivity contribution < 1.29 is 53.0 Å². The average Bonchev–Trinajstić information content (AvgIpc) is 2.26. The molecule has 0 N–H and O–H groups in total. The van der Waals surface area contributed by atoms with Crippen molar-refractivity contribution >= 4 is 0 Å². The lowest BCUT2D eigenvalue weighted by Crippen LogP contribution is -2.84. The fourth-order valence-corrected chi connectivity index (χ4v) is 1.67. The van der Waals surface area contributed by atoms with Crippen molar-refractivity contribution in [2.45, 2.75) is 35.3 Å². The van der Waals surface area contributed by atoms with Crippen LogP contribution in [0.3, 0.4) is 0 Å². The Kier molecular flexibility index (Phi) is 3.35. The van der Waals surface area contributed by atoms with Gasteiger partial charge in [0.2, 0.25) is 0 Å². The molecule has 1 nitrogen and oxygen atoms in total. The number of methoxy groups -OCH3 is 1. The highest BCUT2D eigenvalue weighted by atomic mass is 19.4. The van der Waals surface area contributed by atoms with Crippen LogP contribution in [0.2, 0.25) is 0 Å². The van der Waals surface area contributed by atoms with Crippen molar-refractivity contribution in [2.75, 3.05) is 13.7 Å². The van der Waals surface area contributed by atoms with Crippen molar-refractivity contribution in [3.63, 3.8) is 0 Å². The van der Waals surface area contributed by atoms with Gasteiger partial charge in [-0.2, -0.15) is 43.9 Å². The van der Waals surface area contributed by atoms with Gasteiger partial charge >= 0.3 is 29.6 Å². The van der Waals surface area contributed by atoms with Gasteiger partial charge in [0.15, 0.2) is 0 Å². The molecular formula is C8H5F11O. The number of halogens is 11. The molecule has 1 saturated carbocycles. The number of alkyl halides is 11. The first-order chi connectivity index (χ1) is 8.56. The second-order valence-corrected chi connectivity index (χ2v) is 4.11. The molecule has 0 radical (unpaired) electrons. The molecule has 0 saturated heterocycles. The topological polar surface area (TPSA) is 9.23 Å². The van der Waals surface area contributed by atoms with Crippen LogP contribution in [0.15, 0.2) is 0 Å². The summed E-state index contributed by atoms with van der Waals surface area (Å²) in [5.41, 5.74) is -6.02. The van der Waals surface area contributed by atoms with E-state index >= 15 is 0 Å². The molecule has 1 rings (SSSR count). The molecule has 1 fully saturated rings. The molecule has 0 aromatic heterocycles. The summed E-state index contributed by atoms with van der Waals surface area (Å²) >= 11 is 0. The van der Waals surface area contributed by atoms with E-state index in [1.165, 1.54) is 0 Å². The molecule has 12 heteroatoms. The summed E-state index contributed by atoms with van der Waals surface area (Å²) in [6, 6.07) is 0. The lowest BCUT2D eigenvalue weighted by atomic mass is 9.72. The van der Waals surface area contributed by atoms with Gasteiger partial charge in [0.05, 0.1) is 6.61 Å². The van der Waals surface area contributed by atoms with Gasteiger partial charge in [-0.15, -0.1) is 0 Å². The zero-order valence-electron chi connectivity index (χ0n) is 9.27. The van der Waals surface area contributed by atoms with Crippen molar-refractivity contribution in [2.24, 2.45) is 0 Å². The predicted octanol–water partition coefficient (Wildman–Crippen LogP) is 3.53. The standard InChI is InChI=1S/C8H5F11O/c1-20-2-3(9)4(10,11)6(14,15)8(18,19)7(16,17)5(3,12)13/h2H2,1H3. The Labute approximate surface area is 103 Å². The smallest absolute Gasteiger partial charge is 0.381 e. The fraction of sp³-hybridized carbons (Fsp3) is 1.00. The molecule has 0 aromatic rings. The first kappa shape index (κ1) is 17.2. The number of hydrogen-bond donors (Lipinski definition) is 0. The third kappa shape index (κ3) is 1.38. The van der Waals surface area contributed by atoms with Gasteiger partial charge in [0.1, 0.15) is 0 Å². The van der Waals surface area contributed by atoms with E-state index < -0.39 is 41.9 Å². The first-order valence-electron chi connectivity index (χ1n) is 4.63. The maximum Gasteiger partial charge on any atom is 0.384 e. The van der Waals surface area contributed by atoms with Crippen molar-refractivity contribution in [1.29, 1.82) is 0 Å². The third-order valence-electron chi connectivity index (χ3n) is 2.92.